The van der Waals surface area contributed by atoms with Gasteiger partial charge in [0.05, 0.1) is 6.85 Å². The van der Waals surface area contributed by atoms with E-state index in [4.69, 9.17) is 14.0 Å². The number of furan rings is 1. The summed E-state index contributed by atoms with van der Waals surface area (Å²) >= 11 is 0. The van der Waals surface area contributed by atoms with Crippen molar-refractivity contribution in [1.29, 1.82) is 0 Å². The molecule has 1 saturated carbocycles. The Hall–Kier alpha value is -3.59. The number of pyridine rings is 1. The molecule has 2 heterocycles. The van der Waals surface area contributed by atoms with Crippen molar-refractivity contribution in [2.45, 2.75) is 77.0 Å². The Balaban J connectivity index is 0.000000231. The first-order chi connectivity index (χ1) is 24.0. The number of allylic oxidation sites excluding steroid dienone is 3. The van der Waals surface area contributed by atoms with Crippen LogP contribution in [0.4, 0.5) is 0 Å². The Labute approximate surface area is 286 Å². The molecule has 1 aliphatic carbocycles. The number of aromatic nitrogens is 1. The van der Waals surface area contributed by atoms with Gasteiger partial charge in [0.2, 0.25) is 0 Å². The molecule has 1 fully saturated rings. The van der Waals surface area contributed by atoms with Crippen molar-refractivity contribution in [3.05, 3.63) is 132 Å². The molecule has 5 aromatic rings. The quantitative estimate of drug-likeness (QED) is 0.0615. The summed E-state index contributed by atoms with van der Waals surface area (Å²) in [4.78, 5) is 3.99. The molecule has 0 N–H and O–H groups in total. The number of nitrogens with zero attached hydrogens (tertiary/aromatic N) is 2. The van der Waals surface area contributed by atoms with E-state index < -0.39 is 5.89 Å². The van der Waals surface area contributed by atoms with Gasteiger partial charge in [-0.1, -0.05) is 106 Å². The number of para-hydroxylation sites is 1. The normalized spacial score (nSPS) is 16.8. The minimum Gasteiger partial charge on any atom is -0.855 e. The molecule has 3 nitrogen and oxygen atoms in total. The number of fused-ring (bicyclic) bond motifs is 3. The number of hydrogen-bond acceptors (Lipinski definition) is 2. The average molecular weight is 765 g/mol. The molecule has 0 radical (unpaired) electrons. The Morgan fingerprint density at radius 2 is 1.91 bits per heavy atom. The standard InChI is InChI=1S/C23H21NO.C17H20N.Ir/c1-2-3-15-21(24)20-14-8-13-19-18-12-7-11-17(22(18)25-23(19)20)16-9-5-4-6-10-16;1-2-3-4-5-9-15-10-8-11-16(14-15)17-12-6-7-13-18-17;/h2-3,7-8,11-13,15-16H,1,4-6,9-10H2;6-8,10,12-14H,2-5,9H2,1H3;/q-2;-1;+3/b15-3-;;/i3D,15D,16D;6D,7D,12D,13D;. The Kier molecular flexibility index (Phi) is 9.57. The van der Waals surface area contributed by atoms with Crippen LogP contribution in [0, 0.1) is 12.1 Å². The van der Waals surface area contributed by atoms with E-state index in [1.54, 1.807) is 12.1 Å². The molecular formula is C40H41IrN2O. The largest absolute Gasteiger partial charge is 3.00 e. The molecule has 0 saturated heterocycles. The van der Waals surface area contributed by atoms with E-state index in [0.717, 1.165) is 66.8 Å². The Bertz CT molecular complexity index is 2070. The SMILES string of the molecule is [2H]/C(C=C)=C(\[2H])C(=[N-])c1[c-]ccc2c1oc1c(C3([2H])CCCCC3)cccc12.[2H]c1nc(-c2[c-]ccc(CCCCCC)c2)c([2H])c([2H])c1[2H].[Ir+3]. The minimum atomic E-state index is -0.668. The second-order valence-electron chi connectivity index (χ2n) is 10.7. The first kappa shape index (κ1) is 24.7. The summed E-state index contributed by atoms with van der Waals surface area (Å²) < 4.78 is 61.8. The fourth-order valence-corrected chi connectivity index (χ4v) is 5.57. The number of unbranched alkanes of at least 4 members (excludes halogenated alkanes) is 3. The average Bonchev–Trinajstić information content (AvgIpc) is 3.53. The van der Waals surface area contributed by atoms with E-state index in [-0.39, 0.29) is 73.5 Å². The van der Waals surface area contributed by atoms with Gasteiger partial charge >= 0.3 is 20.1 Å². The zero-order valence-corrected chi connectivity index (χ0v) is 27.5. The summed E-state index contributed by atoms with van der Waals surface area (Å²) in [6, 6.07) is 19.9. The van der Waals surface area contributed by atoms with E-state index in [9.17, 15) is 5.41 Å². The van der Waals surface area contributed by atoms with Gasteiger partial charge in [0.1, 0.15) is 5.58 Å². The second kappa shape index (κ2) is 17.0. The molecule has 0 bridgehead atoms. The van der Waals surface area contributed by atoms with Gasteiger partial charge in [0.15, 0.2) is 0 Å². The van der Waals surface area contributed by atoms with Gasteiger partial charge < -0.3 is 14.8 Å². The number of hydrogen-bond donors (Lipinski definition) is 0. The van der Waals surface area contributed by atoms with E-state index >= 15 is 0 Å². The van der Waals surface area contributed by atoms with Crippen LogP contribution in [0.5, 0.6) is 0 Å². The molecule has 2 aromatic heterocycles. The summed E-state index contributed by atoms with van der Waals surface area (Å²) in [6.07, 6.45) is 11.5. The van der Waals surface area contributed by atoms with Crippen molar-refractivity contribution in [2.24, 2.45) is 0 Å². The molecule has 6 rings (SSSR count). The van der Waals surface area contributed by atoms with Crippen LogP contribution < -0.4 is 0 Å². The van der Waals surface area contributed by atoms with Crippen LogP contribution in [0.1, 0.15) is 96.9 Å². The number of aryl methyl sites for hydroxylation is 1. The molecule has 226 valence electrons. The summed E-state index contributed by atoms with van der Waals surface area (Å²) in [5, 5.41) is 12.2. The van der Waals surface area contributed by atoms with Gasteiger partial charge in [0, 0.05) is 19.9 Å². The second-order valence-corrected chi connectivity index (χ2v) is 10.7. The van der Waals surface area contributed by atoms with Crippen molar-refractivity contribution in [3.63, 3.8) is 0 Å². The Morgan fingerprint density at radius 1 is 1.09 bits per heavy atom. The van der Waals surface area contributed by atoms with Gasteiger partial charge in [0.25, 0.3) is 0 Å². The third-order valence-electron chi connectivity index (χ3n) is 7.73. The van der Waals surface area contributed by atoms with Crippen molar-refractivity contribution in [1.82, 2.24) is 4.98 Å². The van der Waals surface area contributed by atoms with Crippen LogP contribution in [0.3, 0.4) is 0 Å². The third-order valence-corrected chi connectivity index (χ3v) is 7.73. The zero-order chi connectivity index (χ0) is 36.0. The first-order valence-electron chi connectivity index (χ1n) is 18.7. The van der Waals surface area contributed by atoms with Crippen LogP contribution in [-0.2, 0) is 26.5 Å². The van der Waals surface area contributed by atoms with Crippen LogP contribution in [0.25, 0.3) is 38.6 Å². The molecule has 0 unspecified atom stereocenters. The fourth-order valence-electron chi connectivity index (χ4n) is 5.57. The van der Waals surface area contributed by atoms with Crippen LogP contribution in [0.15, 0.2) is 102 Å². The van der Waals surface area contributed by atoms with E-state index in [0.29, 0.717) is 16.7 Å². The third kappa shape index (κ3) is 8.31. The predicted molar refractivity (Wildman–Crippen MR) is 182 cm³/mol. The van der Waals surface area contributed by atoms with Crippen molar-refractivity contribution >= 4 is 27.7 Å². The number of rotatable bonds is 10. The van der Waals surface area contributed by atoms with Gasteiger partial charge in [-0.25, -0.2) is 5.71 Å². The van der Waals surface area contributed by atoms with Crippen LogP contribution >= 0.6 is 0 Å². The van der Waals surface area contributed by atoms with Crippen LogP contribution in [0.2, 0.25) is 0 Å². The molecule has 3 aromatic carbocycles. The smallest absolute Gasteiger partial charge is 0.855 e. The summed E-state index contributed by atoms with van der Waals surface area (Å²) in [6.45, 7) is 5.67. The summed E-state index contributed by atoms with van der Waals surface area (Å²) in [7, 11) is 0. The maximum atomic E-state index is 10.6. The molecule has 0 spiro atoms. The molecular weight excluding hydrogens is 717 g/mol. The zero-order valence-electron chi connectivity index (χ0n) is 32.1. The predicted octanol–water partition coefficient (Wildman–Crippen LogP) is 11.2. The molecule has 0 aliphatic heterocycles. The monoisotopic (exact) mass is 765 g/mol. The topological polar surface area (TPSA) is 48.3 Å². The fraction of sp³-hybridized carbons (Fsp3) is 0.300. The van der Waals surface area contributed by atoms with Crippen molar-refractivity contribution < 1.29 is 34.1 Å². The van der Waals surface area contributed by atoms with E-state index in [1.165, 1.54) is 25.3 Å². The maximum absolute atomic E-state index is 10.6. The minimum absolute atomic E-state index is 0. The Morgan fingerprint density at radius 3 is 2.73 bits per heavy atom. The molecule has 0 atom stereocenters. The van der Waals surface area contributed by atoms with Crippen molar-refractivity contribution in [2.75, 3.05) is 0 Å². The summed E-state index contributed by atoms with van der Waals surface area (Å²) in [5.41, 5.74) is 3.88. The van der Waals surface area contributed by atoms with Crippen molar-refractivity contribution in [3.8, 4) is 11.3 Å². The van der Waals surface area contributed by atoms with Gasteiger partial charge in [-0.15, -0.1) is 65.2 Å². The summed E-state index contributed by atoms with van der Waals surface area (Å²) in [5.74, 6) is -0.668. The maximum Gasteiger partial charge on any atom is 3.00 e. The molecule has 0 amide bonds. The molecule has 44 heavy (non-hydrogen) atoms. The van der Waals surface area contributed by atoms with E-state index in [1.807, 2.05) is 36.4 Å². The van der Waals surface area contributed by atoms with Gasteiger partial charge in [-0.3, -0.25) is 0 Å². The van der Waals surface area contributed by atoms with Crippen LogP contribution in [-0.4, -0.2) is 10.7 Å². The first-order valence-corrected chi connectivity index (χ1v) is 15.2. The van der Waals surface area contributed by atoms with E-state index in [2.05, 4.69) is 30.6 Å². The molecule has 4 heteroatoms. The number of benzene rings is 3. The van der Waals surface area contributed by atoms with Gasteiger partial charge in [-0.2, -0.15) is 0 Å². The van der Waals surface area contributed by atoms with Gasteiger partial charge in [-0.05, 0) is 42.5 Å². The molecule has 1 aliphatic rings.